The summed E-state index contributed by atoms with van der Waals surface area (Å²) in [6.07, 6.45) is 5.58. The summed E-state index contributed by atoms with van der Waals surface area (Å²) in [5, 5.41) is 10.3. The fourth-order valence-electron chi connectivity index (χ4n) is 6.08. The molecule has 0 aliphatic carbocycles. The van der Waals surface area contributed by atoms with Gasteiger partial charge in [-0.1, -0.05) is 112 Å². The van der Waals surface area contributed by atoms with Crippen molar-refractivity contribution < 1.29 is 30.4 Å². The fourth-order valence-corrected chi connectivity index (χ4v) is 6.08. The Hall–Kier alpha value is -3.43. The number of amides is 2. The Morgan fingerprint density at radius 3 is 1.31 bits per heavy atom. The molecule has 269 valence electrons. The van der Waals surface area contributed by atoms with Crippen LogP contribution in [0.5, 0.6) is 0 Å². The van der Waals surface area contributed by atoms with Gasteiger partial charge in [-0.15, -0.1) is 69.1 Å². The first-order valence-electron chi connectivity index (χ1n) is 18.1. The molecule has 0 heterocycles. The molecule has 0 fully saturated rings. The van der Waals surface area contributed by atoms with Crippen molar-refractivity contribution in [2.24, 2.45) is 0 Å². The van der Waals surface area contributed by atoms with Crippen molar-refractivity contribution in [1.82, 2.24) is 10.5 Å². The van der Waals surface area contributed by atoms with Gasteiger partial charge in [0.15, 0.2) is 0 Å². The van der Waals surface area contributed by atoms with Crippen LogP contribution >= 0.6 is 17.0 Å². The molecule has 0 aliphatic heterocycles. The van der Waals surface area contributed by atoms with Gasteiger partial charge in [0.25, 0.3) is 0 Å². The summed E-state index contributed by atoms with van der Waals surface area (Å²) >= 11 is -0.826. The van der Waals surface area contributed by atoms with Gasteiger partial charge >= 0.3 is 45.4 Å². The van der Waals surface area contributed by atoms with E-state index >= 15 is 0 Å². The average molecular weight is 812 g/mol. The van der Waals surface area contributed by atoms with Crippen molar-refractivity contribution in [3.63, 3.8) is 0 Å². The summed E-state index contributed by atoms with van der Waals surface area (Å²) in [6, 6.07) is 39.9. The molecule has 0 aliphatic rings. The number of nitrogens with one attached hydrogen (secondary N) is 2. The second kappa shape index (κ2) is 23.3. The molecule has 0 unspecified atom stereocenters. The summed E-state index contributed by atoms with van der Waals surface area (Å²) < 4.78 is 0. The number of benzene rings is 4. The molecule has 52 heavy (non-hydrogen) atoms. The zero-order valence-corrected chi connectivity index (χ0v) is 35.3. The first kappa shape index (κ1) is 43.0. The predicted molar refractivity (Wildman–Crippen MR) is 222 cm³/mol. The van der Waals surface area contributed by atoms with Gasteiger partial charge in [0.2, 0.25) is 11.8 Å². The second-order valence-corrected chi connectivity index (χ2v) is 16.3. The number of hydrogen-bond donors (Lipinski definition) is 2. The molecule has 8 heteroatoms. The first-order valence-corrected chi connectivity index (χ1v) is 24.4. The molecule has 4 nitrogen and oxygen atoms in total. The number of carbonyl (C=O) groups excluding carboxylic acids is 2. The van der Waals surface area contributed by atoms with E-state index in [0.717, 1.165) is 0 Å². The van der Waals surface area contributed by atoms with E-state index in [2.05, 4.69) is 147 Å². The number of aryl methyl sites for hydroxylation is 4. The molecule has 6 aromatic carbocycles. The van der Waals surface area contributed by atoms with E-state index in [1.54, 1.807) is 13.8 Å². The van der Waals surface area contributed by atoms with Gasteiger partial charge in [-0.3, -0.25) is 9.59 Å². The van der Waals surface area contributed by atoms with Crippen LogP contribution in [-0.4, -0.2) is 19.4 Å². The van der Waals surface area contributed by atoms with Crippen molar-refractivity contribution in [3.05, 3.63) is 131 Å². The normalized spacial score (nSPS) is 10.1. The molecule has 0 aromatic heterocycles. The Bertz CT molecular complexity index is 1860. The third-order valence-electron chi connectivity index (χ3n) is 8.68. The Balaban J connectivity index is 0.000000210. The standard InChI is InChI=1S/2C19H19.C6H12BN2O2.2ClH.Zr/c2*1-3-7-15-12-16-9-6-11-18(19(16)13-15)17-10-5-4-8-14(17)2;1-3-5(10)8-7-9-6(11)4-2;;;/h2*4-6,8-13H,3,7H2,1-2H3;3-4H2,1-2H3,(H,8,10)(H,9,11);2*1H;/q2*-1;;;;+4/p-2. The van der Waals surface area contributed by atoms with Crippen molar-refractivity contribution in [2.45, 2.75) is 80.1 Å². The number of carbonyl (C=O) groups is 2. The molecule has 0 spiro atoms. The average Bonchev–Trinajstić information content (AvgIpc) is 3.77. The van der Waals surface area contributed by atoms with E-state index in [1.807, 2.05) is 0 Å². The molecule has 0 saturated heterocycles. The van der Waals surface area contributed by atoms with Crippen molar-refractivity contribution in [1.29, 1.82) is 0 Å². The molecule has 2 amide bonds. The number of hydrogen-bond acceptors (Lipinski definition) is 2. The van der Waals surface area contributed by atoms with Crippen molar-refractivity contribution in [2.75, 3.05) is 0 Å². The Morgan fingerprint density at radius 1 is 0.596 bits per heavy atom. The van der Waals surface area contributed by atoms with Gasteiger partial charge in [-0.2, -0.15) is 12.1 Å². The third kappa shape index (κ3) is 12.9. The zero-order valence-electron chi connectivity index (χ0n) is 31.3. The zero-order chi connectivity index (χ0) is 37.9. The molecule has 6 aromatic rings. The van der Waals surface area contributed by atoms with Crippen LogP contribution in [0.3, 0.4) is 0 Å². The molecule has 2 N–H and O–H groups in total. The molecule has 0 bridgehead atoms. The van der Waals surface area contributed by atoms with Gasteiger partial charge in [0.1, 0.15) is 0 Å². The monoisotopic (exact) mass is 809 g/mol. The molecule has 0 atom stereocenters. The number of fused-ring (bicyclic) bond motifs is 2. The minimum atomic E-state index is -0.826. The second-order valence-electron chi connectivity index (χ2n) is 12.5. The fraction of sp³-hybridized carbons (Fsp3) is 0.273. The maximum atomic E-state index is 10.6. The van der Waals surface area contributed by atoms with Crippen LogP contribution in [0.2, 0.25) is 0 Å². The van der Waals surface area contributed by atoms with E-state index in [-0.39, 0.29) is 11.8 Å². The van der Waals surface area contributed by atoms with Gasteiger partial charge in [0, 0.05) is 12.8 Å². The molecule has 6 rings (SSSR count). The summed E-state index contributed by atoms with van der Waals surface area (Å²) in [4.78, 5) is 21.2. The van der Waals surface area contributed by atoms with Crippen LogP contribution < -0.4 is 10.5 Å². The molecular weight excluding hydrogens is 761 g/mol. The number of rotatable bonds is 10. The van der Waals surface area contributed by atoms with E-state index in [0.29, 0.717) is 12.8 Å². The minimum absolute atomic E-state index is 0.110. The van der Waals surface area contributed by atoms with Gasteiger partial charge in [-0.05, 0) is 48.9 Å². The van der Waals surface area contributed by atoms with Crippen LogP contribution in [0.15, 0.2) is 109 Å². The van der Waals surface area contributed by atoms with E-state index in [9.17, 15) is 9.59 Å². The SMILES string of the molecule is CCC(=O)N[B]NC(=O)CC.CCCc1cc2c(-c3ccccc3C)cccc2[cH-]1.CCCc1cc2c(-c3ccccc3C)cccc2[cH-]1.[Cl][Zr+2][Cl]. The Morgan fingerprint density at radius 2 is 0.962 bits per heavy atom. The van der Waals surface area contributed by atoms with Crippen LogP contribution in [0, 0.1) is 13.8 Å². The van der Waals surface area contributed by atoms with Crippen molar-refractivity contribution >= 4 is 57.9 Å². The predicted octanol–water partition coefficient (Wildman–Crippen LogP) is 11.9. The van der Waals surface area contributed by atoms with E-state index in [1.165, 1.54) is 99.3 Å². The summed E-state index contributed by atoms with van der Waals surface area (Å²) in [5.74, 6) is -0.220. The Kier molecular flexibility index (Phi) is 19.2. The van der Waals surface area contributed by atoms with Crippen LogP contribution in [-0.2, 0) is 43.3 Å². The van der Waals surface area contributed by atoms with Gasteiger partial charge in [-0.25, -0.2) is 0 Å². The summed E-state index contributed by atoms with van der Waals surface area (Å²) in [5.41, 5.74) is 11.0. The number of halogens is 2. The van der Waals surface area contributed by atoms with Crippen LogP contribution in [0.25, 0.3) is 43.8 Å². The molecule has 1 radical (unpaired) electrons. The quantitative estimate of drug-likeness (QED) is 0.107. The van der Waals surface area contributed by atoms with Crippen LogP contribution in [0.1, 0.15) is 75.6 Å². The third-order valence-corrected chi connectivity index (χ3v) is 8.68. The maximum absolute atomic E-state index is 10.6. The van der Waals surface area contributed by atoms with Gasteiger partial charge < -0.3 is 10.5 Å². The molecular formula is C44H50BCl2N2O2Zr. The first-order chi connectivity index (χ1) is 25.2. The van der Waals surface area contributed by atoms with Crippen molar-refractivity contribution in [3.8, 4) is 22.3 Å². The van der Waals surface area contributed by atoms with Gasteiger partial charge in [0.05, 0.1) is 0 Å². The summed E-state index contributed by atoms with van der Waals surface area (Å²) in [7, 11) is 11.1. The van der Waals surface area contributed by atoms with Crippen LogP contribution in [0.4, 0.5) is 0 Å². The molecule has 0 saturated carbocycles. The Labute approximate surface area is 330 Å². The topological polar surface area (TPSA) is 58.2 Å². The van der Waals surface area contributed by atoms with E-state index in [4.69, 9.17) is 17.0 Å². The van der Waals surface area contributed by atoms with E-state index < -0.39 is 20.8 Å². The summed E-state index contributed by atoms with van der Waals surface area (Å²) in [6.45, 7) is 12.3.